The molecule has 2 nitrogen and oxygen atoms in total. The first kappa shape index (κ1) is 9.39. The van der Waals surface area contributed by atoms with E-state index in [2.05, 4.69) is 20.9 Å². The average Bonchev–Trinajstić information content (AvgIpc) is 2.16. The molecule has 62 valence electrons. The Morgan fingerprint density at radius 3 is 2.92 bits per heavy atom. The van der Waals surface area contributed by atoms with Gasteiger partial charge in [-0.1, -0.05) is 0 Å². The van der Waals surface area contributed by atoms with Crippen molar-refractivity contribution >= 4 is 53.1 Å². The van der Waals surface area contributed by atoms with Crippen molar-refractivity contribution < 1.29 is 2.69 Å². The van der Waals surface area contributed by atoms with Crippen LogP contribution in [0.5, 0.6) is 5.75 Å². The van der Waals surface area contributed by atoms with Gasteiger partial charge in [0, 0.05) is 0 Å². The molecule has 1 aromatic carbocycles. The van der Waals surface area contributed by atoms with Crippen LogP contribution in [0.3, 0.4) is 0 Å². The molecule has 0 aliphatic heterocycles. The summed E-state index contributed by atoms with van der Waals surface area (Å²) in [6.07, 6.45) is 1.77. The zero-order valence-electron chi connectivity index (χ0n) is 6.70. The van der Waals surface area contributed by atoms with Crippen LogP contribution in [-0.4, -0.2) is 31.2 Å². The standard InChI is InChI=1S/C9H6BrNO.Tl/c10-6-1-2-7-8(5-6)11-4-3-9(7)12;/h1-5H,(H,11,12);/q;+1/p-1. The molecule has 2 aromatic rings. The first-order valence-corrected chi connectivity index (χ1v) is 6.35. The van der Waals surface area contributed by atoms with E-state index >= 15 is 0 Å². The van der Waals surface area contributed by atoms with Crippen LogP contribution < -0.4 is 2.69 Å². The molecule has 0 saturated heterocycles. The van der Waals surface area contributed by atoms with Crippen LogP contribution in [-0.2, 0) is 0 Å². The van der Waals surface area contributed by atoms with Crippen molar-refractivity contribution in [1.29, 1.82) is 0 Å². The molecule has 1 aromatic heterocycles. The molecule has 0 fully saturated rings. The van der Waals surface area contributed by atoms with Crippen molar-refractivity contribution in [3.05, 3.63) is 34.9 Å². The Labute approximate surface area is 101 Å². The predicted octanol–water partition coefficient (Wildman–Crippen LogP) is 2.46. The van der Waals surface area contributed by atoms with Crippen molar-refractivity contribution in [3.8, 4) is 5.75 Å². The summed E-state index contributed by atoms with van der Waals surface area (Å²) in [6.45, 7) is 0. The number of hydrogen-bond donors (Lipinski definition) is 0. The average molecular weight is 427 g/mol. The summed E-state index contributed by atoms with van der Waals surface area (Å²) in [5, 5.41) is 1.08. The molecule has 2 rings (SSSR count). The molecule has 0 aliphatic rings. The number of rotatable bonds is 1. The van der Waals surface area contributed by atoms with E-state index in [-0.39, 0.29) is 0 Å². The molecule has 0 spiro atoms. The van der Waals surface area contributed by atoms with Gasteiger partial charge >= 0.3 is 101 Å². The topological polar surface area (TPSA) is 22.1 Å². The zero-order chi connectivity index (χ0) is 9.26. The van der Waals surface area contributed by atoms with Crippen LogP contribution in [0, 0.1) is 0 Å². The number of pyridine rings is 1. The van der Waals surface area contributed by atoms with Gasteiger partial charge in [0.15, 0.2) is 0 Å². The third-order valence-electron chi connectivity index (χ3n) is 1.79. The maximum atomic E-state index is 5.38. The van der Waals surface area contributed by atoms with Gasteiger partial charge in [-0.3, -0.25) is 0 Å². The van der Waals surface area contributed by atoms with Crippen LogP contribution in [0.2, 0.25) is 0 Å². The Morgan fingerprint density at radius 2 is 2.15 bits per heavy atom. The fraction of sp³-hybridized carbons (Fsp3) is 0. The third-order valence-corrected chi connectivity index (χ3v) is 3.27. The molecule has 4 heteroatoms. The molecule has 0 atom stereocenters. The van der Waals surface area contributed by atoms with E-state index in [9.17, 15) is 0 Å². The molecule has 0 aliphatic carbocycles. The van der Waals surface area contributed by atoms with E-state index in [0.717, 1.165) is 21.1 Å². The maximum absolute atomic E-state index is 5.38. The van der Waals surface area contributed by atoms with Crippen LogP contribution in [0.4, 0.5) is 0 Å². The van der Waals surface area contributed by atoms with E-state index in [1.165, 1.54) is 0 Å². The molecule has 0 saturated carbocycles. The van der Waals surface area contributed by atoms with Crippen LogP contribution in [0.1, 0.15) is 0 Å². The van der Waals surface area contributed by atoms with Gasteiger partial charge in [0.05, 0.1) is 0 Å². The van der Waals surface area contributed by atoms with Crippen molar-refractivity contribution in [2.24, 2.45) is 0 Å². The molecule has 0 bridgehead atoms. The summed E-state index contributed by atoms with van der Waals surface area (Å²) >= 11 is 3.92. The van der Waals surface area contributed by atoms with Gasteiger partial charge in [0.25, 0.3) is 0 Å². The fourth-order valence-electron chi connectivity index (χ4n) is 1.20. The molecular formula is C9H5BrNOTl. The van der Waals surface area contributed by atoms with Crippen LogP contribution in [0.15, 0.2) is 34.9 Å². The Bertz CT molecular complexity index is 447. The quantitative estimate of drug-likeness (QED) is 0.653. The van der Waals surface area contributed by atoms with Crippen molar-refractivity contribution in [3.63, 3.8) is 0 Å². The number of benzene rings is 1. The Balaban J connectivity index is 2.77. The van der Waals surface area contributed by atoms with Crippen molar-refractivity contribution in [2.45, 2.75) is 0 Å². The fourth-order valence-corrected chi connectivity index (χ4v) is 2.35. The van der Waals surface area contributed by atoms with E-state index in [1.807, 2.05) is 24.3 Å². The monoisotopic (exact) mass is 427 g/mol. The second kappa shape index (κ2) is 3.91. The summed E-state index contributed by atoms with van der Waals surface area (Å²) < 4.78 is 6.42. The Morgan fingerprint density at radius 1 is 1.31 bits per heavy atom. The first-order chi connectivity index (χ1) is 6.31. The second-order valence-corrected chi connectivity index (χ2v) is 4.42. The Hall–Kier alpha value is -0.168. The van der Waals surface area contributed by atoms with E-state index in [4.69, 9.17) is 2.69 Å². The van der Waals surface area contributed by atoms with Crippen LogP contribution in [0.25, 0.3) is 10.9 Å². The summed E-state index contributed by atoms with van der Waals surface area (Å²) in [5.41, 5.74) is 0.965. The number of hydrogen-bond acceptors (Lipinski definition) is 2. The summed E-state index contributed by atoms with van der Waals surface area (Å²) in [5.74, 6) is 0.933. The van der Waals surface area contributed by atoms with Gasteiger partial charge in [-0.25, -0.2) is 0 Å². The van der Waals surface area contributed by atoms with E-state index in [1.54, 1.807) is 6.20 Å². The first-order valence-electron chi connectivity index (χ1n) is 3.72. The minimum atomic E-state index is 0.513. The molecule has 13 heavy (non-hydrogen) atoms. The van der Waals surface area contributed by atoms with Gasteiger partial charge in [0.2, 0.25) is 0 Å². The number of aromatic nitrogens is 1. The molecule has 0 N–H and O–H groups in total. The van der Waals surface area contributed by atoms with Gasteiger partial charge in [-0.05, 0) is 0 Å². The van der Waals surface area contributed by atoms with Gasteiger partial charge in [0.1, 0.15) is 0 Å². The SMILES string of the molecule is Brc1ccc2c([O][Tl])ccnc2c1. The molecule has 0 amide bonds. The molecule has 0 radical (unpaired) electrons. The number of nitrogens with zero attached hydrogens (tertiary/aromatic N) is 1. The second-order valence-electron chi connectivity index (χ2n) is 2.59. The van der Waals surface area contributed by atoms with Crippen molar-refractivity contribution in [1.82, 2.24) is 4.98 Å². The third kappa shape index (κ3) is 1.85. The molecular weight excluding hydrogens is 422 g/mol. The molecule has 0 unspecified atom stereocenters. The van der Waals surface area contributed by atoms with E-state index in [0.29, 0.717) is 26.2 Å². The predicted molar refractivity (Wildman–Crippen MR) is 55.8 cm³/mol. The Kier molecular flexibility index (Phi) is 2.83. The summed E-state index contributed by atoms with van der Waals surface area (Å²) in [7, 11) is 0. The normalized spacial score (nSPS) is 10.2. The zero-order valence-corrected chi connectivity index (χ0v) is 12.8. The van der Waals surface area contributed by atoms with Crippen molar-refractivity contribution in [2.75, 3.05) is 0 Å². The summed E-state index contributed by atoms with van der Waals surface area (Å²) in [4.78, 5) is 4.26. The van der Waals surface area contributed by atoms with Gasteiger partial charge in [-0.15, -0.1) is 0 Å². The van der Waals surface area contributed by atoms with Crippen LogP contribution >= 0.6 is 15.9 Å². The number of fused-ring (bicyclic) bond motifs is 1. The van der Waals surface area contributed by atoms with Gasteiger partial charge in [-0.2, -0.15) is 0 Å². The summed E-state index contributed by atoms with van der Waals surface area (Å²) in [6, 6.07) is 7.90. The minimum absolute atomic E-state index is 0.513. The molecule has 1 heterocycles. The van der Waals surface area contributed by atoms with Gasteiger partial charge < -0.3 is 0 Å². The number of halogens is 1. The van der Waals surface area contributed by atoms with E-state index < -0.39 is 0 Å².